The molecular weight excluding hydrogens is 281 g/mol. The fourth-order valence-electron chi connectivity index (χ4n) is 2.52. The monoisotopic (exact) mass is 301 g/mol. The summed E-state index contributed by atoms with van der Waals surface area (Å²) in [5.41, 5.74) is 0. The Morgan fingerprint density at radius 2 is 2.26 bits per heavy atom. The number of rotatable bonds is 6. The van der Waals surface area contributed by atoms with Gasteiger partial charge in [0.25, 0.3) is 0 Å². The third kappa shape index (κ3) is 4.27. The highest BCUT2D eigenvalue weighted by Gasteiger charge is 2.26. The molecule has 19 heavy (non-hydrogen) atoms. The normalized spacial score (nSPS) is 20.5. The van der Waals surface area contributed by atoms with Gasteiger partial charge in [0.1, 0.15) is 11.9 Å². The molecule has 0 aliphatic carbocycles. The van der Waals surface area contributed by atoms with Crippen molar-refractivity contribution >= 4 is 23.2 Å². The second-order valence-electron chi connectivity index (χ2n) is 5.13. The number of hydrogen-bond acceptors (Lipinski definition) is 2. The quantitative estimate of drug-likeness (QED) is 0.833. The van der Waals surface area contributed by atoms with Crippen molar-refractivity contribution in [1.82, 2.24) is 5.32 Å². The van der Waals surface area contributed by atoms with E-state index in [2.05, 4.69) is 12.2 Å². The lowest BCUT2D eigenvalue weighted by Crippen LogP contribution is -2.29. The molecule has 2 nitrogen and oxygen atoms in total. The number of ether oxygens (including phenoxy) is 1. The van der Waals surface area contributed by atoms with Gasteiger partial charge < -0.3 is 10.1 Å². The first-order valence-electron chi connectivity index (χ1n) is 7.03. The van der Waals surface area contributed by atoms with E-state index < -0.39 is 0 Å². The zero-order valence-electron chi connectivity index (χ0n) is 11.3. The van der Waals surface area contributed by atoms with Crippen molar-refractivity contribution in [3.05, 3.63) is 28.2 Å². The maximum Gasteiger partial charge on any atom is 0.138 e. The van der Waals surface area contributed by atoms with Crippen molar-refractivity contribution < 1.29 is 4.74 Å². The van der Waals surface area contributed by atoms with E-state index in [1.165, 1.54) is 19.3 Å². The highest BCUT2D eigenvalue weighted by Crippen LogP contribution is 2.31. The Labute approximate surface area is 125 Å². The van der Waals surface area contributed by atoms with Gasteiger partial charge in [0, 0.05) is 17.5 Å². The zero-order chi connectivity index (χ0) is 13.7. The second-order valence-corrected chi connectivity index (χ2v) is 5.97. The number of nitrogens with one attached hydrogen (secondary N) is 1. The van der Waals surface area contributed by atoms with Crippen LogP contribution < -0.4 is 10.1 Å². The van der Waals surface area contributed by atoms with E-state index in [-0.39, 0.29) is 6.10 Å². The molecule has 2 atom stereocenters. The molecule has 2 rings (SSSR count). The maximum absolute atomic E-state index is 6.19. The van der Waals surface area contributed by atoms with E-state index in [1.54, 1.807) is 6.07 Å². The van der Waals surface area contributed by atoms with E-state index in [1.807, 2.05) is 12.1 Å². The third-order valence-corrected chi connectivity index (χ3v) is 4.17. The van der Waals surface area contributed by atoms with Crippen molar-refractivity contribution in [3.8, 4) is 5.75 Å². The number of benzene rings is 1. The van der Waals surface area contributed by atoms with Crippen LogP contribution in [0, 0.1) is 5.92 Å². The van der Waals surface area contributed by atoms with Gasteiger partial charge in [0.05, 0.1) is 5.02 Å². The Bertz CT molecular complexity index is 405. The van der Waals surface area contributed by atoms with Gasteiger partial charge in [0.2, 0.25) is 0 Å². The molecule has 1 saturated heterocycles. The summed E-state index contributed by atoms with van der Waals surface area (Å²) >= 11 is 12.1. The molecule has 0 aromatic heterocycles. The van der Waals surface area contributed by atoms with E-state index in [0.717, 1.165) is 25.3 Å². The summed E-state index contributed by atoms with van der Waals surface area (Å²) in [6.07, 6.45) is 4.89. The lowest BCUT2D eigenvalue weighted by molar-refractivity contribution is 0.131. The molecule has 0 radical (unpaired) electrons. The Morgan fingerprint density at radius 3 is 2.89 bits per heavy atom. The SMILES string of the molecule is CCCC[C@@H](Oc1ccc(Cl)cc1Cl)C1CCNC1. The second kappa shape index (κ2) is 7.37. The molecule has 4 heteroatoms. The molecular formula is C15H21Cl2NO. The highest BCUT2D eigenvalue weighted by atomic mass is 35.5. The van der Waals surface area contributed by atoms with Gasteiger partial charge >= 0.3 is 0 Å². The first kappa shape index (κ1) is 15.0. The Hall–Kier alpha value is -0.440. The van der Waals surface area contributed by atoms with Crippen LogP contribution in [0.5, 0.6) is 5.75 Å². The lowest BCUT2D eigenvalue weighted by Gasteiger charge is -2.25. The number of halogens is 2. The van der Waals surface area contributed by atoms with Crippen molar-refractivity contribution in [2.45, 2.75) is 38.7 Å². The molecule has 1 N–H and O–H groups in total. The predicted molar refractivity (Wildman–Crippen MR) is 81.4 cm³/mol. The fraction of sp³-hybridized carbons (Fsp3) is 0.600. The molecule has 1 heterocycles. The van der Waals surface area contributed by atoms with Crippen LogP contribution in [-0.4, -0.2) is 19.2 Å². The summed E-state index contributed by atoms with van der Waals surface area (Å²) in [7, 11) is 0. The van der Waals surface area contributed by atoms with Crippen LogP contribution in [-0.2, 0) is 0 Å². The summed E-state index contributed by atoms with van der Waals surface area (Å²) in [6, 6.07) is 5.43. The van der Waals surface area contributed by atoms with Gasteiger partial charge in [0.15, 0.2) is 0 Å². The smallest absolute Gasteiger partial charge is 0.138 e. The van der Waals surface area contributed by atoms with Gasteiger partial charge in [-0.3, -0.25) is 0 Å². The molecule has 1 unspecified atom stereocenters. The lowest BCUT2D eigenvalue weighted by atomic mass is 9.97. The predicted octanol–water partition coefficient (Wildman–Crippen LogP) is 4.54. The Morgan fingerprint density at radius 1 is 1.42 bits per heavy atom. The summed E-state index contributed by atoms with van der Waals surface area (Å²) in [6.45, 7) is 4.34. The topological polar surface area (TPSA) is 21.3 Å². The average molecular weight is 302 g/mol. The van der Waals surface area contributed by atoms with E-state index in [4.69, 9.17) is 27.9 Å². The van der Waals surface area contributed by atoms with Crippen molar-refractivity contribution in [2.75, 3.05) is 13.1 Å². The van der Waals surface area contributed by atoms with Crippen LogP contribution in [0.2, 0.25) is 10.0 Å². The van der Waals surface area contributed by atoms with Gasteiger partial charge in [-0.05, 0) is 37.6 Å². The van der Waals surface area contributed by atoms with Crippen LogP contribution in [0.25, 0.3) is 0 Å². The molecule has 1 aliphatic rings. The number of hydrogen-bond donors (Lipinski definition) is 1. The summed E-state index contributed by atoms with van der Waals surface area (Å²) < 4.78 is 6.16. The minimum absolute atomic E-state index is 0.244. The summed E-state index contributed by atoms with van der Waals surface area (Å²) in [5.74, 6) is 1.33. The largest absolute Gasteiger partial charge is 0.489 e. The molecule has 0 saturated carbocycles. The molecule has 0 amide bonds. The first-order valence-corrected chi connectivity index (χ1v) is 7.78. The Balaban J connectivity index is 2.05. The Kier molecular flexibility index (Phi) is 5.80. The first-order chi connectivity index (χ1) is 9.20. The molecule has 1 aromatic rings. The van der Waals surface area contributed by atoms with Crippen LogP contribution in [0.15, 0.2) is 18.2 Å². The molecule has 106 valence electrons. The van der Waals surface area contributed by atoms with Gasteiger partial charge in [-0.2, -0.15) is 0 Å². The summed E-state index contributed by atoms with van der Waals surface area (Å²) in [4.78, 5) is 0. The van der Waals surface area contributed by atoms with Crippen molar-refractivity contribution in [1.29, 1.82) is 0 Å². The maximum atomic E-state index is 6.19. The van der Waals surface area contributed by atoms with Crippen LogP contribution in [0.1, 0.15) is 32.6 Å². The van der Waals surface area contributed by atoms with Crippen LogP contribution in [0.4, 0.5) is 0 Å². The minimum atomic E-state index is 0.244. The summed E-state index contributed by atoms with van der Waals surface area (Å²) in [5, 5.41) is 4.65. The zero-order valence-corrected chi connectivity index (χ0v) is 12.8. The fourth-order valence-corrected chi connectivity index (χ4v) is 2.98. The molecule has 0 bridgehead atoms. The van der Waals surface area contributed by atoms with Gasteiger partial charge in [-0.15, -0.1) is 0 Å². The van der Waals surface area contributed by atoms with Gasteiger partial charge in [-0.25, -0.2) is 0 Å². The van der Waals surface area contributed by atoms with Crippen molar-refractivity contribution in [2.24, 2.45) is 5.92 Å². The molecule has 0 spiro atoms. The average Bonchev–Trinajstić information content (AvgIpc) is 2.90. The van der Waals surface area contributed by atoms with E-state index in [0.29, 0.717) is 16.0 Å². The van der Waals surface area contributed by atoms with E-state index in [9.17, 15) is 0 Å². The van der Waals surface area contributed by atoms with Crippen LogP contribution in [0.3, 0.4) is 0 Å². The molecule has 1 fully saturated rings. The third-order valence-electron chi connectivity index (χ3n) is 3.64. The van der Waals surface area contributed by atoms with Crippen LogP contribution >= 0.6 is 23.2 Å². The molecule has 1 aromatic carbocycles. The minimum Gasteiger partial charge on any atom is -0.489 e. The molecule has 1 aliphatic heterocycles. The highest BCUT2D eigenvalue weighted by molar-refractivity contribution is 6.35. The number of unbranched alkanes of at least 4 members (excludes halogenated alkanes) is 1. The standard InChI is InChI=1S/C15H21Cl2NO/c1-2-3-4-14(11-7-8-18-10-11)19-15-6-5-12(16)9-13(15)17/h5-6,9,11,14,18H,2-4,7-8,10H2,1H3/t11?,14-/m1/s1. The van der Waals surface area contributed by atoms with Crippen molar-refractivity contribution in [3.63, 3.8) is 0 Å². The van der Waals surface area contributed by atoms with Gasteiger partial charge in [-0.1, -0.05) is 43.0 Å². The van der Waals surface area contributed by atoms with E-state index >= 15 is 0 Å².